The molecule has 2 aromatic heterocycles. The summed E-state index contributed by atoms with van der Waals surface area (Å²) in [6.45, 7) is 0. The van der Waals surface area contributed by atoms with Gasteiger partial charge in [0.05, 0.1) is 0 Å². The predicted molar refractivity (Wildman–Crippen MR) is 67.5 cm³/mol. The van der Waals surface area contributed by atoms with Gasteiger partial charge in [-0.2, -0.15) is 23.3 Å². The number of rotatable bonds is 1. The van der Waals surface area contributed by atoms with Crippen molar-refractivity contribution in [1.29, 1.82) is 0 Å². The van der Waals surface area contributed by atoms with Crippen LogP contribution in [0.5, 0.6) is 0 Å². The van der Waals surface area contributed by atoms with Crippen LogP contribution in [0.1, 0.15) is 0 Å². The molecule has 0 bridgehead atoms. The van der Waals surface area contributed by atoms with Crippen molar-refractivity contribution in [3.63, 3.8) is 0 Å². The third-order valence-corrected chi connectivity index (χ3v) is 2.97. The van der Waals surface area contributed by atoms with Crippen LogP contribution in [0.3, 0.4) is 0 Å². The Morgan fingerprint density at radius 3 is 2.84 bits per heavy atom. The molecule has 0 unspecified atom stereocenters. The molecule has 0 atom stereocenters. The summed E-state index contributed by atoms with van der Waals surface area (Å²) in [5.41, 5.74) is 2.43. The molecular weight excluding hydrogens is 418 g/mol. The van der Waals surface area contributed by atoms with E-state index < -0.39 is 0 Å². The second-order valence-corrected chi connectivity index (χ2v) is 4.01. The molecule has 4 aromatic rings. The van der Waals surface area contributed by atoms with Crippen LogP contribution in [-0.2, 0) is 20.1 Å². The Bertz CT molecular complexity index is 836. The molecule has 19 heavy (non-hydrogen) atoms. The maximum Gasteiger partial charge on any atom is 0.138 e. The Morgan fingerprint density at radius 1 is 1.11 bits per heavy atom. The monoisotopic (exact) mass is 427 g/mol. The van der Waals surface area contributed by atoms with Gasteiger partial charge in [-0.05, 0) is 11.8 Å². The normalized spacial score (nSPS) is 10.7. The molecule has 95 valence electrons. The zero-order valence-corrected chi connectivity index (χ0v) is 12.1. The zero-order valence-electron chi connectivity index (χ0n) is 9.70. The first-order chi connectivity index (χ1) is 8.93. The summed E-state index contributed by atoms with van der Waals surface area (Å²) >= 11 is 0. The second-order valence-electron chi connectivity index (χ2n) is 4.01. The topological polar surface area (TPSA) is 43.9 Å². The first-order valence-electron chi connectivity index (χ1n) is 5.60. The SMILES string of the molecule is [Ir].[c-]1ccc2c(oc3ccccc32)c1-n1cncn1. The number of aromatic nitrogens is 3. The Balaban J connectivity index is 0.00000110. The van der Waals surface area contributed by atoms with Gasteiger partial charge in [0.2, 0.25) is 0 Å². The average Bonchev–Trinajstić information content (AvgIpc) is 3.05. The summed E-state index contributed by atoms with van der Waals surface area (Å²) < 4.78 is 7.54. The van der Waals surface area contributed by atoms with E-state index in [2.05, 4.69) is 16.1 Å². The molecule has 0 N–H and O–H groups in total. The molecule has 2 heterocycles. The number of hydrogen-bond acceptors (Lipinski definition) is 3. The van der Waals surface area contributed by atoms with Crippen LogP contribution in [0.15, 0.2) is 53.5 Å². The predicted octanol–water partition coefficient (Wildman–Crippen LogP) is 2.96. The van der Waals surface area contributed by atoms with E-state index in [1.165, 1.54) is 6.33 Å². The largest absolute Gasteiger partial charge is 0.513 e. The van der Waals surface area contributed by atoms with Crippen LogP contribution in [-0.4, -0.2) is 14.8 Å². The van der Waals surface area contributed by atoms with Crippen molar-refractivity contribution in [3.05, 3.63) is 55.1 Å². The van der Waals surface area contributed by atoms with Gasteiger partial charge in [-0.15, -0.1) is 0 Å². The van der Waals surface area contributed by atoms with Crippen molar-refractivity contribution in [2.45, 2.75) is 0 Å². The van der Waals surface area contributed by atoms with Gasteiger partial charge < -0.3 is 4.42 Å². The van der Waals surface area contributed by atoms with E-state index in [4.69, 9.17) is 4.42 Å². The number of benzene rings is 2. The first kappa shape index (κ1) is 12.1. The van der Waals surface area contributed by atoms with Gasteiger partial charge >= 0.3 is 0 Å². The van der Waals surface area contributed by atoms with Crippen molar-refractivity contribution in [1.82, 2.24) is 14.8 Å². The average molecular weight is 426 g/mol. The molecule has 0 spiro atoms. The summed E-state index contributed by atoms with van der Waals surface area (Å²) in [6.07, 6.45) is 3.13. The van der Waals surface area contributed by atoms with Gasteiger partial charge in [-0.3, -0.25) is 0 Å². The summed E-state index contributed by atoms with van der Waals surface area (Å²) in [4.78, 5) is 3.95. The Kier molecular flexibility index (Phi) is 2.93. The molecule has 5 heteroatoms. The molecule has 0 amide bonds. The van der Waals surface area contributed by atoms with E-state index in [-0.39, 0.29) is 20.1 Å². The maximum atomic E-state index is 5.89. The third-order valence-electron chi connectivity index (χ3n) is 2.97. The van der Waals surface area contributed by atoms with Crippen LogP contribution in [0.4, 0.5) is 0 Å². The Morgan fingerprint density at radius 2 is 2.00 bits per heavy atom. The molecule has 4 rings (SSSR count). The fourth-order valence-corrected chi connectivity index (χ4v) is 2.17. The minimum absolute atomic E-state index is 0. The van der Waals surface area contributed by atoms with Crippen molar-refractivity contribution in [3.8, 4) is 5.69 Å². The number of para-hydroxylation sites is 1. The second kappa shape index (κ2) is 4.61. The zero-order chi connectivity index (χ0) is 11.9. The van der Waals surface area contributed by atoms with Gasteiger partial charge in [0, 0.05) is 31.1 Å². The van der Waals surface area contributed by atoms with Crippen molar-refractivity contribution in [2.24, 2.45) is 0 Å². The molecule has 1 radical (unpaired) electrons. The number of fused-ring (bicyclic) bond motifs is 3. The van der Waals surface area contributed by atoms with Crippen LogP contribution >= 0.6 is 0 Å². The van der Waals surface area contributed by atoms with E-state index in [9.17, 15) is 0 Å². The van der Waals surface area contributed by atoms with E-state index in [1.807, 2.05) is 36.4 Å². The van der Waals surface area contributed by atoms with Crippen molar-refractivity contribution < 1.29 is 24.5 Å². The van der Waals surface area contributed by atoms with E-state index in [1.54, 1.807) is 11.0 Å². The molecule has 0 saturated carbocycles. The van der Waals surface area contributed by atoms with Crippen LogP contribution in [0, 0.1) is 6.07 Å². The van der Waals surface area contributed by atoms with Crippen LogP contribution in [0.2, 0.25) is 0 Å². The summed E-state index contributed by atoms with van der Waals surface area (Å²) in [6, 6.07) is 15.0. The summed E-state index contributed by atoms with van der Waals surface area (Å²) in [5.74, 6) is 0. The van der Waals surface area contributed by atoms with Gasteiger partial charge in [-0.25, -0.2) is 9.67 Å². The molecule has 0 aliphatic heterocycles. The molecular formula is C14H8IrN3O-. The molecule has 4 nitrogen and oxygen atoms in total. The maximum absolute atomic E-state index is 5.89. The minimum Gasteiger partial charge on any atom is -0.513 e. The van der Waals surface area contributed by atoms with Gasteiger partial charge in [-0.1, -0.05) is 23.6 Å². The Hall–Kier alpha value is -1.97. The van der Waals surface area contributed by atoms with E-state index in [0.717, 1.165) is 27.6 Å². The fourth-order valence-electron chi connectivity index (χ4n) is 2.17. The fraction of sp³-hybridized carbons (Fsp3) is 0. The third kappa shape index (κ3) is 1.79. The standard InChI is InChI=1S/C14H8N3O.Ir/c1-2-7-13-10(4-1)11-5-3-6-12(14(11)18-13)17-9-15-8-16-17;/h1-5,7-9H;/q-1;. The molecule has 2 aromatic carbocycles. The summed E-state index contributed by atoms with van der Waals surface area (Å²) in [5, 5.41) is 6.29. The molecule has 0 aliphatic rings. The minimum atomic E-state index is 0. The van der Waals surface area contributed by atoms with Gasteiger partial charge in [0.25, 0.3) is 0 Å². The van der Waals surface area contributed by atoms with Crippen LogP contribution < -0.4 is 0 Å². The Labute approximate surface area is 122 Å². The number of furan rings is 1. The van der Waals surface area contributed by atoms with Crippen LogP contribution in [0.25, 0.3) is 27.6 Å². The number of nitrogens with zero attached hydrogens (tertiary/aromatic N) is 3. The first-order valence-corrected chi connectivity index (χ1v) is 5.60. The van der Waals surface area contributed by atoms with Gasteiger partial charge in [0.1, 0.15) is 18.2 Å². The molecule has 0 saturated heterocycles. The molecule has 0 fully saturated rings. The molecule has 0 aliphatic carbocycles. The quantitative estimate of drug-likeness (QED) is 0.440. The van der Waals surface area contributed by atoms with E-state index in [0.29, 0.717) is 0 Å². The smallest absolute Gasteiger partial charge is 0.138 e. The van der Waals surface area contributed by atoms with Gasteiger partial charge in [0.15, 0.2) is 0 Å². The van der Waals surface area contributed by atoms with Crippen molar-refractivity contribution in [2.75, 3.05) is 0 Å². The number of hydrogen-bond donors (Lipinski definition) is 0. The van der Waals surface area contributed by atoms with Crippen molar-refractivity contribution >= 4 is 21.9 Å². The van der Waals surface area contributed by atoms with E-state index >= 15 is 0 Å². The summed E-state index contributed by atoms with van der Waals surface area (Å²) in [7, 11) is 0.